The minimum absolute atomic E-state index is 0.0637. The Morgan fingerprint density at radius 2 is 2.22 bits per heavy atom. The van der Waals surface area contributed by atoms with Crippen LogP contribution in [0.3, 0.4) is 0 Å². The summed E-state index contributed by atoms with van der Waals surface area (Å²) in [7, 11) is 1.27. The highest BCUT2D eigenvalue weighted by atomic mass is 32.2. The Balaban J connectivity index is 1.52. The Morgan fingerprint density at radius 3 is 2.81 bits per heavy atom. The molecule has 0 aromatic carbocycles. The van der Waals surface area contributed by atoms with Gasteiger partial charge in [0.15, 0.2) is 22.7 Å². The number of oxime groups is 1. The fourth-order valence-corrected chi connectivity index (χ4v) is 5.06. The number of carbonyl (C=O) groups is 3. The molecular formula is C16H17N9O5S2. The van der Waals surface area contributed by atoms with E-state index >= 15 is 0 Å². The van der Waals surface area contributed by atoms with Gasteiger partial charge in [-0.25, -0.2) is 9.78 Å². The van der Waals surface area contributed by atoms with Crippen LogP contribution in [0.2, 0.25) is 0 Å². The van der Waals surface area contributed by atoms with Gasteiger partial charge in [0.1, 0.15) is 24.2 Å². The summed E-state index contributed by atoms with van der Waals surface area (Å²) < 4.78 is 0. The van der Waals surface area contributed by atoms with Crippen molar-refractivity contribution in [2.45, 2.75) is 30.9 Å². The van der Waals surface area contributed by atoms with Crippen LogP contribution in [0, 0.1) is 6.92 Å². The van der Waals surface area contributed by atoms with Crippen LogP contribution in [0.25, 0.3) is 0 Å². The molecule has 2 aliphatic heterocycles. The van der Waals surface area contributed by atoms with Gasteiger partial charge in [-0.1, -0.05) is 5.16 Å². The van der Waals surface area contributed by atoms with Gasteiger partial charge >= 0.3 is 5.97 Å². The number of nitrogens with two attached hydrogens (primary N) is 1. The first kappa shape index (κ1) is 21.7. The van der Waals surface area contributed by atoms with Gasteiger partial charge in [0.2, 0.25) is 5.91 Å². The second-order valence-corrected chi connectivity index (χ2v) is 8.60. The summed E-state index contributed by atoms with van der Waals surface area (Å²) in [6.45, 7) is 1.72. The van der Waals surface area contributed by atoms with E-state index in [1.54, 1.807) is 12.3 Å². The molecule has 0 radical (unpaired) electrons. The first-order valence-electron chi connectivity index (χ1n) is 9.07. The lowest BCUT2D eigenvalue weighted by molar-refractivity contribution is -0.159. The van der Waals surface area contributed by atoms with E-state index in [9.17, 15) is 19.5 Å². The SMILES string of the molecule is CO/N=C(/C(=O)N[C@@H]1C(=O)N2[C@@H](C(=O)O)C(Cn3nnc(C)n3)=CS[C@H]12)c1csc(N)n1. The number of carbonyl (C=O) groups excluding carboxylic acids is 2. The van der Waals surface area contributed by atoms with Gasteiger partial charge < -0.3 is 25.9 Å². The van der Waals surface area contributed by atoms with Gasteiger partial charge in [-0.05, 0) is 23.1 Å². The summed E-state index contributed by atoms with van der Waals surface area (Å²) in [5.74, 6) is -1.99. The van der Waals surface area contributed by atoms with Gasteiger partial charge in [0.05, 0.1) is 6.54 Å². The molecule has 16 heteroatoms. The number of amides is 2. The Labute approximate surface area is 188 Å². The fraction of sp³-hybridized carbons (Fsp3) is 0.375. The lowest BCUT2D eigenvalue weighted by Gasteiger charge is -2.51. The Bertz CT molecular complexity index is 1140. The first-order valence-corrected chi connectivity index (χ1v) is 10.9. The average Bonchev–Trinajstić information content (AvgIpc) is 3.37. The number of rotatable bonds is 7. The van der Waals surface area contributed by atoms with Gasteiger partial charge in [0, 0.05) is 5.38 Å². The minimum atomic E-state index is -1.21. The number of β-lactam (4-membered cyclic amide) rings is 1. The van der Waals surface area contributed by atoms with E-state index in [2.05, 4.69) is 30.9 Å². The molecule has 4 N–H and O–H groups in total. The Hall–Kier alpha value is -3.53. The molecule has 0 unspecified atom stereocenters. The molecule has 4 heterocycles. The third-order valence-electron chi connectivity index (χ3n) is 4.63. The smallest absolute Gasteiger partial charge is 0.330 e. The van der Waals surface area contributed by atoms with E-state index in [0.29, 0.717) is 11.4 Å². The van der Waals surface area contributed by atoms with Crippen molar-refractivity contribution < 1.29 is 24.3 Å². The second kappa shape index (κ2) is 8.54. The molecule has 0 saturated carbocycles. The highest BCUT2D eigenvalue weighted by Crippen LogP contribution is 2.40. The summed E-state index contributed by atoms with van der Waals surface area (Å²) in [6, 6.07) is -2.16. The van der Waals surface area contributed by atoms with Gasteiger partial charge in [0.25, 0.3) is 5.91 Å². The van der Waals surface area contributed by atoms with Crippen LogP contribution < -0.4 is 11.1 Å². The molecule has 2 aliphatic rings. The van der Waals surface area contributed by atoms with E-state index in [-0.39, 0.29) is 23.1 Å². The molecule has 32 heavy (non-hydrogen) atoms. The lowest BCUT2D eigenvalue weighted by Crippen LogP contribution is -2.74. The zero-order chi connectivity index (χ0) is 23.0. The average molecular weight is 480 g/mol. The number of hydrogen-bond acceptors (Lipinski definition) is 12. The number of fused-ring (bicyclic) bond motifs is 1. The summed E-state index contributed by atoms with van der Waals surface area (Å²) in [5, 5.41) is 30.5. The van der Waals surface area contributed by atoms with Crippen LogP contribution >= 0.6 is 23.1 Å². The third kappa shape index (κ3) is 3.89. The number of nitrogen functional groups attached to an aromatic ring is 1. The number of tetrazole rings is 1. The number of hydrogen-bond donors (Lipinski definition) is 3. The van der Waals surface area contributed by atoms with E-state index < -0.39 is 35.2 Å². The van der Waals surface area contributed by atoms with E-state index in [0.717, 1.165) is 11.3 Å². The maximum absolute atomic E-state index is 12.8. The number of carboxylic acid groups (broad SMARTS) is 1. The van der Waals surface area contributed by atoms with Crippen LogP contribution in [0.15, 0.2) is 21.5 Å². The van der Waals surface area contributed by atoms with Gasteiger partial charge in [-0.3, -0.25) is 9.59 Å². The van der Waals surface area contributed by atoms with Crippen molar-refractivity contribution in [3.8, 4) is 0 Å². The maximum Gasteiger partial charge on any atom is 0.330 e. The quantitative estimate of drug-likeness (QED) is 0.246. The zero-order valence-corrected chi connectivity index (χ0v) is 18.3. The first-order chi connectivity index (χ1) is 15.3. The molecule has 1 saturated heterocycles. The van der Waals surface area contributed by atoms with E-state index in [1.165, 1.54) is 33.9 Å². The molecule has 1 fully saturated rings. The minimum Gasteiger partial charge on any atom is -0.479 e. The lowest BCUT2D eigenvalue weighted by atomic mass is 9.97. The second-order valence-electron chi connectivity index (χ2n) is 6.72. The van der Waals surface area contributed by atoms with E-state index in [1.807, 2.05) is 0 Å². The highest BCUT2D eigenvalue weighted by Gasteiger charge is 2.56. The van der Waals surface area contributed by atoms with Crippen LogP contribution in [-0.2, 0) is 25.8 Å². The summed E-state index contributed by atoms with van der Waals surface area (Å²) in [5.41, 5.74) is 6.09. The molecule has 2 aromatic heterocycles. The molecule has 168 valence electrons. The standard InChI is InChI=1S/C16H17N9O5S2/c1-6-20-23-24(21-6)3-7-4-31-14-10(13(27)25(14)11(7)15(28)29)19-12(26)9(22-30-2)8-5-32-16(17)18-8/h4-5,10-11,14H,3H2,1-2H3,(H2,17,18)(H,19,26)(H,28,29)/b22-9+/t10-,11-,14-/m1/s1. The summed E-state index contributed by atoms with van der Waals surface area (Å²) in [4.78, 5) is 48.7. The van der Waals surface area contributed by atoms with Gasteiger partial charge in [-0.2, -0.15) is 4.80 Å². The number of aromatic nitrogens is 5. The predicted octanol–water partition coefficient (Wildman–Crippen LogP) is -1.19. The van der Waals surface area contributed by atoms with Crippen molar-refractivity contribution in [3.63, 3.8) is 0 Å². The number of aryl methyl sites for hydroxylation is 1. The topological polar surface area (TPSA) is 191 Å². The maximum atomic E-state index is 12.8. The largest absolute Gasteiger partial charge is 0.479 e. The third-order valence-corrected chi connectivity index (χ3v) is 6.52. The van der Waals surface area contributed by atoms with Crippen molar-refractivity contribution in [1.29, 1.82) is 0 Å². The van der Waals surface area contributed by atoms with Gasteiger partial charge in [-0.15, -0.1) is 33.3 Å². The molecule has 0 aliphatic carbocycles. The number of thioether (sulfide) groups is 1. The normalized spacial score (nSPS) is 22.6. The highest BCUT2D eigenvalue weighted by molar-refractivity contribution is 8.02. The van der Waals surface area contributed by atoms with Crippen LogP contribution in [0.4, 0.5) is 5.13 Å². The number of thiazole rings is 1. The Kier molecular flexibility index (Phi) is 5.79. The number of carboxylic acids is 1. The molecule has 14 nitrogen and oxygen atoms in total. The molecule has 0 spiro atoms. The molecule has 2 amide bonds. The molecule has 4 rings (SSSR count). The summed E-state index contributed by atoms with van der Waals surface area (Å²) >= 11 is 2.34. The van der Waals surface area contributed by atoms with Crippen LogP contribution in [0.5, 0.6) is 0 Å². The number of anilines is 1. The monoisotopic (exact) mass is 479 g/mol. The van der Waals surface area contributed by atoms with Crippen LogP contribution in [-0.4, -0.2) is 83.3 Å². The van der Waals surface area contributed by atoms with Crippen LogP contribution in [0.1, 0.15) is 11.5 Å². The van der Waals surface area contributed by atoms with Crippen molar-refractivity contribution in [2.24, 2.45) is 5.16 Å². The van der Waals surface area contributed by atoms with Crippen molar-refractivity contribution in [1.82, 2.24) is 35.4 Å². The molecule has 0 bridgehead atoms. The van der Waals surface area contributed by atoms with Crippen molar-refractivity contribution in [3.05, 3.63) is 27.9 Å². The van der Waals surface area contributed by atoms with Crippen molar-refractivity contribution in [2.75, 3.05) is 12.8 Å². The predicted molar refractivity (Wildman–Crippen MR) is 112 cm³/mol. The number of nitrogens with zero attached hydrogens (tertiary/aromatic N) is 7. The summed E-state index contributed by atoms with van der Waals surface area (Å²) in [6.07, 6.45) is 0. The number of nitrogens with one attached hydrogen (secondary N) is 1. The molecule has 2 aromatic rings. The molecule has 3 atom stereocenters. The fourth-order valence-electron chi connectivity index (χ4n) is 3.29. The molecular weight excluding hydrogens is 462 g/mol. The number of aliphatic carboxylic acids is 1. The Morgan fingerprint density at radius 1 is 1.44 bits per heavy atom. The van der Waals surface area contributed by atoms with E-state index in [4.69, 9.17) is 10.6 Å². The van der Waals surface area contributed by atoms with Crippen molar-refractivity contribution >= 4 is 51.7 Å². The zero-order valence-electron chi connectivity index (χ0n) is 16.7.